The number of hydrogen-bond donors (Lipinski definition) is 1. The second kappa shape index (κ2) is 4.98. The molecule has 1 heterocycles. The smallest absolute Gasteiger partial charge is 0.149 e. The molecule has 3 aromatic rings. The molecular weight excluding hydrogens is 279 g/mol. The van der Waals surface area contributed by atoms with Crippen LogP contribution in [0.15, 0.2) is 48.7 Å². The summed E-state index contributed by atoms with van der Waals surface area (Å²) >= 11 is 6.07. The van der Waals surface area contributed by atoms with E-state index in [0.29, 0.717) is 27.6 Å². The zero-order chi connectivity index (χ0) is 14.1. The molecule has 0 radical (unpaired) electrons. The lowest BCUT2D eigenvalue weighted by Crippen LogP contribution is -1.91. The molecule has 0 aliphatic heterocycles. The van der Waals surface area contributed by atoms with Crippen LogP contribution in [0.1, 0.15) is 0 Å². The molecule has 0 aliphatic rings. The molecule has 3 nitrogen and oxygen atoms in total. The number of hydrogen-bond acceptors (Lipinski definition) is 3. The molecule has 0 bridgehead atoms. The van der Waals surface area contributed by atoms with E-state index in [1.165, 1.54) is 12.3 Å². The first kappa shape index (κ1) is 12.7. The molecular formula is C15H10ClFN2O. The number of rotatable bonds is 2. The quantitative estimate of drug-likeness (QED) is 0.711. The Balaban J connectivity index is 2.09. The highest BCUT2D eigenvalue weighted by Gasteiger charge is 2.09. The van der Waals surface area contributed by atoms with E-state index in [-0.39, 0.29) is 5.52 Å². The largest absolute Gasteiger partial charge is 0.455 e. The fraction of sp³-hybridized carbons (Fsp3) is 0. The molecule has 0 saturated heterocycles. The van der Waals surface area contributed by atoms with Crippen molar-refractivity contribution in [3.63, 3.8) is 0 Å². The third kappa shape index (κ3) is 2.26. The molecule has 0 unspecified atom stereocenters. The fourth-order valence-corrected chi connectivity index (χ4v) is 2.15. The van der Waals surface area contributed by atoms with Crippen molar-refractivity contribution in [1.82, 2.24) is 4.98 Å². The van der Waals surface area contributed by atoms with E-state index in [1.54, 1.807) is 36.4 Å². The summed E-state index contributed by atoms with van der Waals surface area (Å²) in [4.78, 5) is 4.01. The van der Waals surface area contributed by atoms with Crippen LogP contribution in [-0.4, -0.2) is 4.98 Å². The van der Waals surface area contributed by atoms with E-state index in [2.05, 4.69) is 4.98 Å². The number of benzene rings is 2. The van der Waals surface area contributed by atoms with Gasteiger partial charge >= 0.3 is 0 Å². The number of halogens is 2. The van der Waals surface area contributed by atoms with Gasteiger partial charge in [0.2, 0.25) is 0 Å². The third-order valence-corrected chi connectivity index (χ3v) is 3.15. The molecule has 5 heteroatoms. The molecule has 3 rings (SSSR count). The van der Waals surface area contributed by atoms with E-state index < -0.39 is 5.82 Å². The highest BCUT2D eigenvalue weighted by atomic mass is 35.5. The highest BCUT2D eigenvalue weighted by Crippen LogP contribution is 2.34. The predicted molar refractivity (Wildman–Crippen MR) is 77.6 cm³/mol. The number of nitrogens with two attached hydrogens (primary N) is 1. The number of anilines is 1. The van der Waals surface area contributed by atoms with Crippen LogP contribution in [0.4, 0.5) is 10.1 Å². The Kier molecular flexibility index (Phi) is 3.16. The number of nitrogen functional groups attached to an aromatic ring is 1. The van der Waals surface area contributed by atoms with Crippen LogP contribution in [0.25, 0.3) is 10.9 Å². The number of ether oxygens (including phenoxy) is 1. The second-order valence-electron chi connectivity index (χ2n) is 4.24. The minimum Gasteiger partial charge on any atom is -0.455 e. The molecule has 0 aliphatic carbocycles. The SMILES string of the molecule is Nc1ccc(Oc2ccnc3c(F)cccc23)c(Cl)c1. The molecule has 0 atom stereocenters. The van der Waals surface area contributed by atoms with E-state index in [0.717, 1.165) is 0 Å². The van der Waals surface area contributed by atoms with E-state index >= 15 is 0 Å². The summed E-state index contributed by atoms with van der Waals surface area (Å²) in [5, 5.41) is 0.978. The summed E-state index contributed by atoms with van der Waals surface area (Å²) in [5.74, 6) is 0.551. The van der Waals surface area contributed by atoms with Gasteiger partial charge in [-0.15, -0.1) is 0 Å². The number of pyridine rings is 1. The lowest BCUT2D eigenvalue weighted by molar-refractivity contribution is 0.488. The van der Waals surface area contributed by atoms with Crippen LogP contribution in [0, 0.1) is 5.82 Å². The number of aromatic nitrogens is 1. The molecule has 2 aromatic carbocycles. The van der Waals surface area contributed by atoms with Crippen LogP contribution < -0.4 is 10.5 Å². The van der Waals surface area contributed by atoms with Gasteiger partial charge in [0.15, 0.2) is 0 Å². The van der Waals surface area contributed by atoms with Gasteiger partial charge in [-0.2, -0.15) is 0 Å². The Morgan fingerprint density at radius 2 is 1.95 bits per heavy atom. The van der Waals surface area contributed by atoms with Gasteiger partial charge in [0.05, 0.1) is 5.02 Å². The molecule has 1 aromatic heterocycles. The minimum atomic E-state index is -0.392. The predicted octanol–water partition coefficient (Wildman–Crippen LogP) is 4.40. The minimum absolute atomic E-state index is 0.261. The summed E-state index contributed by atoms with van der Waals surface area (Å²) in [6, 6.07) is 11.3. The maximum atomic E-state index is 13.7. The summed E-state index contributed by atoms with van der Waals surface area (Å²) in [5.41, 5.74) is 6.44. The Hall–Kier alpha value is -2.33. The van der Waals surface area contributed by atoms with Crippen LogP contribution in [0.2, 0.25) is 5.02 Å². The zero-order valence-electron chi connectivity index (χ0n) is 10.3. The van der Waals surface area contributed by atoms with E-state index in [1.807, 2.05) is 0 Å². The van der Waals surface area contributed by atoms with Gasteiger partial charge in [-0.05, 0) is 36.4 Å². The molecule has 20 heavy (non-hydrogen) atoms. The molecule has 0 spiro atoms. The maximum absolute atomic E-state index is 13.7. The Labute approximate surface area is 119 Å². The van der Waals surface area contributed by atoms with Crippen molar-refractivity contribution in [2.24, 2.45) is 0 Å². The van der Waals surface area contributed by atoms with Crippen molar-refractivity contribution < 1.29 is 9.13 Å². The molecule has 2 N–H and O–H groups in total. The summed E-state index contributed by atoms with van der Waals surface area (Å²) < 4.78 is 19.4. The highest BCUT2D eigenvalue weighted by molar-refractivity contribution is 6.32. The fourth-order valence-electron chi connectivity index (χ4n) is 1.92. The van der Waals surface area contributed by atoms with Gasteiger partial charge < -0.3 is 10.5 Å². The van der Waals surface area contributed by atoms with Gasteiger partial charge in [-0.3, -0.25) is 4.98 Å². The normalized spacial score (nSPS) is 10.7. The number of fused-ring (bicyclic) bond motifs is 1. The summed E-state index contributed by atoms with van der Waals surface area (Å²) in [6.45, 7) is 0. The lowest BCUT2D eigenvalue weighted by atomic mass is 10.2. The topological polar surface area (TPSA) is 48.1 Å². The van der Waals surface area contributed by atoms with Gasteiger partial charge in [-0.1, -0.05) is 17.7 Å². The first-order chi connectivity index (χ1) is 9.65. The molecule has 0 fully saturated rings. The van der Waals surface area contributed by atoms with Crippen molar-refractivity contribution in [3.8, 4) is 11.5 Å². The first-order valence-corrected chi connectivity index (χ1v) is 6.29. The van der Waals surface area contributed by atoms with Crippen LogP contribution in [0.5, 0.6) is 11.5 Å². The van der Waals surface area contributed by atoms with Crippen molar-refractivity contribution in [1.29, 1.82) is 0 Å². The van der Waals surface area contributed by atoms with Crippen LogP contribution in [0.3, 0.4) is 0 Å². The van der Waals surface area contributed by atoms with Gasteiger partial charge in [0.25, 0.3) is 0 Å². The maximum Gasteiger partial charge on any atom is 0.149 e. The van der Waals surface area contributed by atoms with Gasteiger partial charge in [0, 0.05) is 17.3 Å². The molecule has 0 amide bonds. The van der Waals surface area contributed by atoms with Crippen molar-refractivity contribution in [2.45, 2.75) is 0 Å². The van der Waals surface area contributed by atoms with E-state index in [9.17, 15) is 4.39 Å². The van der Waals surface area contributed by atoms with Gasteiger partial charge in [-0.25, -0.2) is 4.39 Å². The van der Waals surface area contributed by atoms with Crippen molar-refractivity contribution in [2.75, 3.05) is 5.73 Å². The number of nitrogens with zero attached hydrogens (tertiary/aromatic N) is 1. The van der Waals surface area contributed by atoms with Gasteiger partial charge in [0.1, 0.15) is 22.8 Å². The third-order valence-electron chi connectivity index (χ3n) is 2.86. The number of para-hydroxylation sites is 1. The molecule has 0 saturated carbocycles. The first-order valence-electron chi connectivity index (χ1n) is 5.91. The standard InChI is InChI=1S/C15H10ClFN2O/c16-11-8-9(18)4-5-14(11)20-13-6-7-19-15-10(13)2-1-3-12(15)17/h1-8H,18H2. The average molecular weight is 289 g/mol. The Bertz CT molecular complexity index is 792. The zero-order valence-corrected chi connectivity index (χ0v) is 11.1. The summed E-state index contributed by atoms with van der Waals surface area (Å²) in [7, 11) is 0. The molecule has 100 valence electrons. The van der Waals surface area contributed by atoms with Crippen molar-refractivity contribution >= 4 is 28.2 Å². The monoisotopic (exact) mass is 288 g/mol. The second-order valence-corrected chi connectivity index (χ2v) is 4.64. The van der Waals surface area contributed by atoms with Crippen LogP contribution in [-0.2, 0) is 0 Å². The Morgan fingerprint density at radius 1 is 1.10 bits per heavy atom. The lowest BCUT2D eigenvalue weighted by Gasteiger charge is -2.10. The summed E-state index contributed by atoms with van der Waals surface area (Å²) in [6.07, 6.45) is 1.49. The van der Waals surface area contributed by atoms with Crippen molar-refractivity contribution in [3.05, 3.63) is 59.5 Å². The Morgan fingerprint density at radius 3 is 2.75 bits per heavy atom. The van der Waals surface area contributed by atoms with E-state index in [4.69, 9.17) is 22.1 Å². The van der Waals surface area contributed by atoms with Crippen LogP contribution >= 0.6 is 11.6 Å². The average Bonchev–Trinajstić information content (AvgIpc) is 2.43.